The monoisotopic (exact) mass is 337 g/mol. The zero-order valence-electron chi connectivity index (χ0n) is 11.6. The Balaban J connectivity index is 1.75. The second-order valence-electron chi connectivity index (χ2n) is 5.18. The second-order valence-corrected chi connectivity index (χ2v) is 5.96. The van der Waals surface area contributed by atoms with Crippen LogP contribution in [0.1, 0.15) is 24.5 Å². The van der Waals surface area contributed by atoms with Gasteiger partial charge in [-0.3, -0.25) is 9.59 Å². The summed E-state index contributed by atoms with van der Waals surface area (Å²) in [5.74, 6) is 0.0315. The van der Waals surface area contributed by atoms with Gasteiger partial charge in [-0.25, -0.2) is 4.68 Å². The van der Waals surface area contributed by atoms with E-state index in [1.807, 2.05) is 0 Å². The topological polar surface area (TPSA) is 64.0 Å². The number of nitrogens with one attached hydrogen (secondary N) is 1. The quantitative estimate of drug-likeness (QED) is 0.932. The normalized spacial score (nSPS) is 13.9. The maximum absolute atomic E-state index is 12.1. The summed E-state index contributed by atoms with van der Waals surface area (Å²) in [7, 11) is 0. The Morgan fingerprint density at radius 3 is 2.77 bits per heavy atom. The van der Waals surface area contributed by atoms with E-state index in [2.05, 4.69) is 10.4 Å². The highest BCUT2D eigenvalue weighted by atomic mass is 35.5. The lowest BCUT2D eigenvalue weighted by Crippen LogP contribution is -2.29. The van der Waals surface area contributed by atoms with Crippen LogP contribution in [0, 0.1) is 0 Å². The number of hydrogen-bond donors (Lipinski definition) is 1. The second kappa shape index (κ2) is 6.10. The van der Waals surface area contributed by atoms with Crippen LogP contribution in [0.3, 0.4) is 0 Å². The van der Waals surface area contributed by atoms with Crippen molar-refractivity contribution in [2.24, 2.45) is 0 Å². The molecule has 2 aromatic rings. The number of carbonyl (C=O) groups excluding carboxylic acids is 1. The third kappa shape index (κ3) is 3.31. The van der Waals surface area contributed by atoms with E-state index in [9.17, 15) is 9.59 Å². The number of amides is 1. The minimum absolute atomic E-state index is 0.164. The molecule has 0 radical (unpaired) electrons. The maximum Gasteiger partial charge on any atom is 0.267 e. The van der Waals surface area contributed by atoms with Gasteiger partial charge in [-0.05, 0) is 31.0 Å². The molecule has 1 aromatic carbocycles. The summed E-state index contributed by atoms with van der Waals surface area (Å²) >= 11 is 11.9. The molecule has 0 saturated heterocycles. The first kappa shape index (κ1) is 15.1. The Hall–Kier alpha value is -1.85. The van der Waals surface area contributed by atoms with Gasteiger partial charge in [-0.15, -0.1) is 0 Å². The van der Waals surface area contributed by atoms with Crippen molar-refractivity contribution < 1.29 is 4.79 Å². The van der Waals surface area contributed by atoms with E-state index in [0.29, 0.717) is 16.6 Å². The average molecular weight is 338 g/mol. The first-order chi connectivity index (χ1) is 10.5. The summed E-state index contributed by atoms with van der Waals surface area (Å²) in [5, 5.41) is 7.50. The van der Waals surface area contributed by atoms with Crippen LogP contribution < -0.4 is 10.9 Å². The number of benzene rings is 1. The van der Waals surface area contributed by atoms with E-state index >= 15 is 0 Å². The molecule has 1 aliphatic carbocycles. The Kier molecular flexibility index (Phi) is 4.18. The van der Waals surface area contributed by atoms with Gasteiger partial charge in [0, 0.05) is 12.0 Å². The molecule has 7 heteroatoms. The molecule has 22 heavy (non-hydrogen) atoms. The van der Waals surface area contributed by atoms with Gasteiger partial charge in [0.1, 0.15) is 6.54 Å². The highest BCUT2D eigenvalue weighted by Gasteiger charge is 2.25. The fourth-order valence-electron chi connectivity index (χ4n) is 2.10. The van der Waals surface area contributed by atoms with Crippen molar-refractivity contribution in [1.29, 1.82) is 0 Å². The SMILES string of the molecule is O=C(Cn1nc(C2CC2)ccc1=O)Nc1cccc(Cl)c1Cl. The molecule has 0 bridgehead atoms. The Morgan fingerprint density at radius 2 is 2.05 bits per heavy atom. The molecule has 0 unspecified atom stereocenters. The van der Waals surface area contributed by atoms with E-state index in [0.717, 1.165) is 18.5 Å². The first-order valence-corrected chi connectivity index (χ1v) is 7.62. The third-order valence-electron chi connectivity index (χ3n) is 3.40. The van der Waals surface area contributed by atoms with E-state index in [4.69, 9.17) is 23.2 Å². The van der Waals surface area contributed by atoms with E-state index in [1.54, 1.807) is 24.3 Å². The van der Waals surface area contributed by atoms with E-state index in [-0.39, 0.29) is 23.0 Å². The summed E-state index contributed by atoms with van der Waals surface area (Å²) in [6.07, 6.45) is 2.16. The van der Waals surface area contributed by atoms with Crippen molar-refractivity contribution in [3.63, 3.8) is 0 Å². The summed E-state index contributed by atoms with van der Waals surface area (Å²) < 4.78 is 1.17. The van der Waals surface area contributed by atoms with Gasteiger partial charge in [0.05, 0.1) is 21.4 Å². The highest BCUT2D eigenvalue weighted by Crippen LogP contribution is 2.38. The average Bonchev–Trinajstić information content (AvgIpc) is 3.31. The third-order valence-corrected chi connectivity index (χ3v) is 4.22. The van der Waals surface area contributed by atoms with Gasteiger partial charge >= 0.3 is 0 Å². The Morgan fingerprint density at radius 1 is 1.27 bits per heavy atom. The number of carbonyl (C=O) groups is 1. The first-order valence-electron chi connectivity index (χ1n) is 6.86. The molecule has 0 aliphatic heterocycles. The smallest absolute Gasteiger partial charge is 0.267 e. The lowest BCUT2D eigenvalue weighted by atomic mass is 10.3. The van der Waals surface area contributed by atoms with Crippen molar-refractivity contribution in [1.82, 2.24) is 9.78 Å². The zero-order valence-corrected chi connectivity index (χ0v) is 13.1. The molecule has 1 N–H and O–H groups in total. The summed E-state index contributed by atoms with van der Waals surface area (Å²) in [6, 6.07) is 8.12. The predicted octanol–water partition coefficient (Wildman–Crippen LogP) is 3.07. The lowest BCUT2D eigenvalue weighted by Gasteiger charge is -2.09. The molecule has 3 rings (SSSR count). The number of hydrogen-bond acceptors (Lipinski definition) is 3. The van der Waals surface area contributed by atoms with Gasteiger partial charge in [-0.1, -0.05) is 29.3 Å². The van der Waals surface area contributed by atoms with Gasteiger partial charge in [0.25, 0.3) is 5.56 Å². The number of halogens is 2. The van der Waals surface area contributed by atoms with Crippen molar-refractivity contribution >= 4 is 34.8 Å². The fourth-order valence-corrected chi connectivity index (χ4v) is 2.45. The van der Waals surface area contributed by atoms with Crippen LogP contribution in [0.2, 0.25) is 10.0 Å². The van der Waals surface area contributed by atoms with Crippen LogP contribution in [0.5, 0.6) is 0 Å². The van der Waals surface area contributed by atoms with Crippen molar-refractivity contribution in [2.75, 3.05) is 5.32 Å². The van der Waals surface area contributed by atoms with Crippen molar-refractivity contribution in [3.05, 3.63) is 56.4 Å². The van der Waals surface area contributed by atoms with Gasteiger partial charge in [0.15, 0.2) is 0 Å². The Bertz CT molecular complexity index is 785. The lowest BCUT2D eigenvalue weighted by molar-refractivity contribution is -0.117. The number of aromatic nitrogens is 2. The molecular weight excluding hydrogens is 325 g/mol. The molecule has 5 nitrogen and oxygen atoms in total. The maximum atomic E-state index is 12.1. The number of nitrogens with zero attached hydrogens (tertiary/aromatic N) is 2. The fraction of sp³-hybridized carbons (Fsp3) is 0.267. The molecular formula is C15H13Cl2N3O2. The summed E-state index contributed by atoms with van der Waals surface area (Å²) in [6.45, 7) is -0.164. The van der Waals surface area contributed by atoms with Gasteiger partial charge in [0.2, 0.25) is 5.91 Å². The highest BCUT2D eigenvalue weighted by molar-refractivity contribution is 6.43. The summed E-state index contributed by atoms with van der Waals surface area (Å²) in [4.78, 5) is 23.9. The molecule has 114 valence electrons. The van der Waals surface area contributed by atoms with Crippen LogP contribution in [-0.4, -0.2) is 15.7 Å². The van der Waals surface area contributed by atoms with Crippen LogP contribution in [0.15, 0.2) is 35.1 Å². The van der Waals surface area contributed by atoms with E-state index < -0.39 is 0 Å². The van der Waals surface area contributed by atoms with Crippen LogP contribution in [0.4, 0.5) is 5.69 Å². The zero-order chi connectivity index (χ0) is 15.7. The predicted molar refractivity (Wildman–Crippen MR) is 85.6 cm³/mol. The van der Waals surface area contributed by atoms with E-state index in [1.165, 1.54) is 10.7 Å². The number of rotatable bonds is 4. The van der Waals surface area contributed by atoms with Gasteiger partial charge < -0.3 is 5.32 Å². The molecule has 1 aliphatic rings. The molecule has 0 atom stereocenters. The van der Waals surface area contributed by atoms with Crippen molar-refractivity contribution in [2.45, 2.75) is 25.3 Å². The largest absolute Gasteiger partial charge is 0.323 e. The van der Waals surface area contributed by atoms with Crippen LogP contribution in [-0.2, 0) is 11.3 Å². The molecule has 1 fully saturated rings. The molecule has 1 amide bonds. The molecule has 1 heterocycles. The van der Waals surface area contributed by atoms with Crippen molar-refractivity contribution in [3.8, 4) is 0 Å². The minimum Gasteiger partial charge on any atom is -0.323 e. The molecule has 1 saturated carbocycles. The molecule has 1 aromatic heterocycles. The minimum atomic E-state index is -0.383. The van der Waals surface area contributed by atoms with Gasteiger partial charge in [-0.2, -0.15) is 5.10 Å². The number of anilines is 1. The standard InChI is InChI=1S/C15H13Cl2N3O2/c16-10-2-1-3-12(15(10)17)18-13(21)8-20-14(22)7-6-11(19-20)9-4-5-9/h1-3,6-7,9H,4-5,8H2,(H,18,21). The summed E-state index contributed by atoms with van der Waals surface area (Å²) in [5.41, 5.74) is 0.954. The molecule has 0 spiro atoms. The van der Waals surface area contributed by atoms with Crippen LogP contribution >= 0.6 is 23.2 Å². The van der Waals surface area contributed by atoms with Crippen LogP contribution in [0.25, 0.3) is 0 Å². The Labute approximate surface area is 136 Å².